The molecule has 4 rings (SSSR count). The summed E-state index contributed by atoms with van der Waals surface area (Å²) >= 11 is 0. The van der Waals surface area contributed by atoms with Gasteiger partial charge in [0.2, 0.25) is 5.69 Å². The molecule has 0 aliphatic carbocycles. The third kappa shape index (κ3) is 3.11. The quantitative estimate of drug-likeness (QED) is 0.300. The molecule has 0 saturated carbocycles. The van der Waals surface area contributed by atoms with Crippen LogP contribution < -0.4 is 4.68 Å². The largest absolute Gasteiger partial charge is 0.416 e. The fourth-order valence-corrected chi connectivity index (χ4v) is 3.70. The van der Waals surface area contributed by atoms with Gasteiger partial charge in [-0.25, -0.2) is 0 Å². The molecule has 0 aliphatic rings. The van der Waals surface area contributed by atoms with E-state index < -0.39 is 11.7 Å². The Hall–Kier alpha value is -2.95. The highest BCUT2D eigenvalue weighted by Crippen LogP contribution is 2.33. The standard InChI is InChI=1S/C23H20F3N2/c1-13-7-14(2)15(3)20(8-13)22-12-18-9-16-5-6-19(23(24,25)26)10-17(16)11-21(18)27-28(22)4/h5-12H,1-4H3/q+1. The molecule has 0 N–H and O–H groups in total. The van der Waals surface area contributed by atoms with Crippen molar-refractivity contribution in [1.29, 1.82) is 0 Å². The van der Waals surface area contributed by atoms with Crippen LogP contribution in [0.1, 0.15) is 22.3 Å². The SMILES string of the molecule is Cc1cc(C)c(C)c(-c2cc3cc4ccc(C(F)(F)F)cc4cc3n[n+]2C)c1. The summed E-state index contributed by atoms with van der Waals surface area (Å²) < 4.78 is 40.8. The predicted molar refractivity (Wildman–Crippen MR) is 105 cm³/mol. The fourth-order valence-electron chi connectivity index (χ4n) is 3.70. The van der Waals surface area contributed by atoms with Crippen molar-refractivity contribution >= 4 is 21.7 Å². The molecule has 2 nitrogen and oxygen atoms in total. The highest BCUT2D eigenvalue weighted by atomic mass is 19.4. The molecule has 1 heterocycles. The number of halogens is 3. The van der Waals surface area contributed by atoms with Gasteiger partial charge in [-0.3, -0.25) is 0 Å². The first-order valence-corrected chi connectivity index (χ1v) is 9.04. The Balaban J connectivity index is 1.95. The second-order valence-corrected chi connectivity index (χ2v) is 7.38. The van der Waals surface area contributed by atoms with Crippen LogP contribution in [0.4, 0.5) is 13.2 Å². The molecule has 0 atom stereocenters. The number of hydrogen-bond acceptors (Lipinski definition) is 1. The van der Waals surface area contributed by atoms with Crippen molar-refractivity contribution in [2.45, 2.75) is 26.9 Å². The van der Waals surface area contributed by atoms with Gasteiger partial charge < -0.3 is 0 Å². The third-order valence-electron chi connectivity index (χ3n) is 5.30. The molecule has 0 spiro atoms. The average molecular weight is 381 g/mol. The molecule has 1 aromatic heterocycles. The van der Waals surface area contributed by atoms with E-state index in [-0.39, 0.29) is 0 Å². The lowest BCUT2D eigenvalue weighted by atomic mass is 9.96. The highest BCUT2D eigenvalue weighted by molar-refractivity contribution is 5.97. The van der Waals surface area contributed by atoms with Crippen LogP contribution in [0.3, 0.4) is 0 Å². The Morgan fingerprint density at radius 1 is 0.821 bits per heavy atom. The van der Waals surface area contributed by atoms with Crippen molar-refractivity contribution in [2.75, 3.05) is 0 Å². The van der Waals surface area contributed by atoms with E-state index in [2.05, 4.69) is 44.1 Å². The lowest BCUT2D eigenvalue weighted by molar-refractivity contribution is -0.717. The summed E-state index contributed by atoms with van der Waals surface area (Å²) in [4.78, 5) is 0. The Labute approximate surface area is 161 Å². The van der Waals surface area contributed by atoms with E-state index in [1.54, 1.807) is 10.7 Å². The Morgan fingerprint density at radius 3 is 2.29 bits per heavy atom. The van der Waals surface area contributed by atoms with E-state index in [4.69, 9.17) is 0 Å². The number of fused-ring (bicyclic) bond motifs is 2. The van der Waals surface area contributed by atoms with Crippen molar-refractivity contribution in [3.8, 4) is 11.3 Å². The molecule has 0 radical (unpaired) electrons. The summed E-state index contributed by atoms with van der Waals surface area (Å²) in [7, 11) is 1.86. The summed E-state index contributed by atoms with van der Waals surface area (Å²) in [6.45, 7) is 6.25. The first-order valence-electron chi connectivity index (χ1n) is 9.04. The summed E-state index contributed by atoms with van der Waals surface area (Å²) in [5.41, 5.74) is 5.69. The lowest BCUT2D eigenvalue weighted by Gasteiger charge is -2.10. The molecule has 28 heavy (non-hydrogen) atoms. The summed E-state index contributed by atoms with van der Waals surface area (Å²) in [5.74, 6) is 0. The van der Waals surface area contributed by atoms with Gasteiger partial charge in [-0.2, -0.15) is 13.2 Å². The predicted octanol–water partition coefficient (Wildman–Crippen LogP) is 5.82. The monoisotopic (exact) mass is 381 g/mol. The van der Waals surface area contributed by atoms with E-state index in [0.717, 1.165) is 28.1 Å². The van der Waals surface area contributed by atoms with Crippen LogP contribution >= 0.6 is 0 Å². The topological polar surface area (TPSA) is 16.8 Å². The zero-order chi connectivity index (χ0) is 20.2. The minimum Gasteiger partial charge on any atom is -0.166 e. The van der Waals surface area contributed by atoms with Crippen molar-refractivity contribution in [3.05, 3.63) is 70.8 Å². The Kier molecular flexibility index (Phi) is 4.14. The number of benzene rings is 3. The molecule has 0 amide bonds. The van der Waals surface area contributed by atoms with Crippen LogP contribution in [-0.4, -0.2) is 5.10 Å². The maximum atomic E-state index is 13.0. The first-order chi connectivity index (χ1) is 13.1. The van der Waals surface area contributed by atoms with Crippen LogP contribution in [0, 0.1) is 20.8 Å². The van der Waals surface area contributed by atoms with Gasteiger partial charge in [-0.15, -0.1) is 0 Å². The number of aromatic nitrogens is 2. The van der Waals surface area contributed by atoms with E-state index in [1.165, 1.54) is 28.8 Å². The summed E-state index contributed by atoms with van der Waals surface area (Å²) in [6.07, 6.45) is -4.36. The second kappa shape index (κ2) is 6.30. The average Bonchev–Trinajstić information content (AvgIpc) is 2.61. The van der Waals surface area contributed by atoms with E-state index in [0.29, 0.717) is 10.9 Å². The van der Waals surface area contributed by atoms with E-state index in [9.17, 15) is 13.2 Å². The lowest BCUT2D eigenvalue weighted by Crippen LogP contribution is -2.35. The molecule has 0 aliphatic heterocycles. The molecule has 5 heteroatoms. The van der Waals surface area contributed by atoms with Crippen LogP contribution in [0.15, 0.2) is 48.5 Å². The van der Waals surface area contributed by atoms with Crippen molar-refractivity contribution in [2.24, 2.45) is 7.05 Å². The summed E-state index contributed by atoms with van der Waals surface area (Å²) in [5, 5.41) is 6.83. The first kappa shape index (κ1) is 18.4. The maximum Gasteiger partial charge on any atom is 0.416 e. The van der Waals surface area contributed by atoms with Crippen molar-refractivity contribution in [1.82, 2.24) is 5.10 Å². The van der Waals surface area contributed by atoms with Gasteiger partial charge in [0.05, 0.1) is 11.1 Å². The zero-order valence-electron chi connectivity index (χ0n) is 16.1. The number of nitrogens with zero attached hydrogens (tertiary/aromatic N) is 2. The molecule has 0 fully saturated rings. The van der Waals surface area contributed by atoms with Crippen LogP contribution in [-0.2, 0) is 13.2 Å². The molecular weight excluding hydrogens is 361 g/mol. The maximum absolute atomic E-state index is 13.0. The Morgan fingerprint density at radius 2 is 1.57 bits per heavy atom. The minimum atomic E-state index is -4.36. The van der Waals surface area contributed by atoms with Gasteiger partial charge in [-0.05, 0) is 73.0 Å². The second-order valence-electron chi connectivity index (χ2n) is 7.38. The van der Waals surface area contributed by atoms with Crippen molar-refractivity contribution < 1.29 is 17.9 Å². The molecule has 4 aromatic rings. The highest BCUT2D eigenvalue weighted by Gasteiger charge is 2.30. The van der Waals surface area contributed by atoms with Crippen LogP contribution in [0.5, 0.6) is 0 Å². The van der Waals surface area contributed by atoms with Crippen LogP contribution in [0.25, 0.3) is 32.9 Å². The van der Waals surface area contributed by atoms with E-state index >= 15 is 0 Å². The molecule has 3 aromatic carbocycles. The Bertz CT molecular complexity index is 1240. The molecule has 0 unspecified atom stereocenters. The van der Waals surface area contributed by atoms with Gasteiger partial charge in [-0.1, -0.05) is 22.4 Å². The minimum absolute atomic E-state index is 0.533. The normalized spacial score (nSPS) is 12.1. The number of alkyl halides is 3. The fraction of sp³-hybridized carbons (Fsp3) is 0.217. The summed E-state index contributed by atoms with van der Waals surface area (Å²) in [6, 6.07) is 13.8. The number of rotatable bonds is 1. The molecule has 0 saturated heterocycles. The molecule has 142 valence electrons. The van der Waals surface area contributed by atoms with Gasteiger partial charge in [0, 0.05) is 16.6 Å². The van der Waals surface area contributed by atoms with Gasteiger partial charge in [0.15, 0.2) is 7.05 Å². The van der Waals surface area contributed by atoms with E-state index in [1.807, 2.05) is 13.1 Å². The van der Waals surface area contributed by atoms with Gasteiger partial charge in [0.25, 0.3) is 0 Å². The third-order valence-corrected chi connectivity index (χ3v) is 5.30. The van der Waals surface area contributed by atoms with Gasteiger partial charge >= 0.3 is 6.18 Å². The van der Waals surface area contributed by atoms with Crippen molar-refractivity contribution in [3.63, 3.8) is 0 Å². The number of hydrogen-bond donors (Lipinski definition) is 0. The zero-order valence-corrected chi connectivity index (χ0v) is 16.1. The number of aryl methyl sites for hydroxylation is 3. The molecule has 0 bridgehead atoms. The van der Waals surface area contributed by atoms with Gasteiger partial charge in [0.1, 0.15) is 5.52 Å². The molecular formula is C23H20F3N2+. The van der Waals surface area contributed by atoms with Crippen LogP contribution in [0.2, 0.25) is 0 Å². The smallest absolute Gasteiger partial charge is 0.166 e.